The van der Waals surface area contributed by atoms with Gasteiger partial charge in [-0.05, 0) is 52.1 Å². The van der Waals surface area contributed by atoms with Crippen LogP contribution in [0.5, 0.6) is 5.88 Å². The Balaban J connectivity index is 1.67. The van der Waals surface area contributed by atoms with Crippen LogP contribution in [0.2, 0.25) is 0 Å². The average molecular weight is 533 g/mol. The second-order valence-corrected chi connectivity index (χ2v) is 8.86. The number of nitrogen functional groups attached to an aromatic ring is 1. The normalized spacial score (nSPS) is 13.2. The lowest BCUT2D eigenvalue weighted by Gasteiger charge is -2.24. The number of nitrogens with zero attached hydrogens (tertiary/aromatic N) is 2. The SMILES string of the molecule is Nc1nc(OC(c2ccc(F)cc2-c2ccsc2)C(F)(F)F)cc(-c2ccc(CC(N)C(=O)O)cc2)n1. The number of nitrogens with two attached hydrogens (primary N) is 2. The summed E-state index contributed by atoms with van der Waals surface area (Å²) in [4.78, 5) is 18.9. The number of hydrogen-bond donors (Lipinski definition) is 3. The molecule has 0 spiro atoms. The molecule has 0 aliphatic rings. The number of alkyl halides is 3. The molecule has 2 unspecified atom stereocenters. The van der Waals surface area contributed by atoms with Crippen molar-refractivity contribution in [2.75, 3.05) is 5.73 Å². The van der Waals surface area contributed by atoms with Crippen LogP contribution in [0.4, 0.5) is 23.5 Å². The summed E-state index contributed by atoms with van der Waals surface area (Å²) in [6.45, 7) is 0. The smallest absolute Gasteiger partial charge is 0.429 e. The number of aromatic nitrogens is 2. The minimum Gasteiger partial charge on any atom is -0.480 e. The predicted octanol–water partition coefficient (Wildman–Crippen LogP) is 5.23. The van der Waals surface area contributed by atoms with Gasteiger partial charge in [0, 0.05) is 17.2 Å². The quantitative estimate of drug-likeness (QED) is 0.266. The van der Waals surface area contributed by atoms with Crippen LogP contribution in [0.15, 0.2) is 65.4 Å². The summed E-state index contributed by atoms with van der Waals surface area (Å²) in [5.74, 6) is -2.57. The number of thiophene rings is 1. The maximum atomic E-state index is 14.2. The summed E-state index contributed by atoms with van der Waals surface area (Å²) in [5.41, 5.74) is 12.8. The lowest BCUT2D eigenvalue weighted by molar-refractivity contribution is -0.198. The van der Waals surface area contributed by atoms with Crippen molar-refractivity contribution in [1.82, 2.24) is 9.97 Å². The maximum Gasteiger partial charge on any atom is 0.429 e. The van der Waals surface area contributed by atoms with Gasteiger partial charge in [-0.15, -0.1) is 0 Å². The van der Waals surface area contributed by atoms with Gasteiger partial charge in [0.15, 0.2) is 0 Å². The van der Waals surface area contributed by atoms with E-state index in [0.717, 1.165) is 18.2 Å². The Labute approximate surface area is 212 Å². The number of carbonyl (C=O) groups is 1. The van der Waals surface area contributed by atoms with E-state index in [1.54, 1.807) is 41.1 Å². The average Bonchev–Trinajstić information content (AvgIpc) is 3.37. The molecule has 4 aromatic rings. The van der Waals surface area contributed by atoms with E-state index in [1.165, 1.54) is 17.4 Å². The topological polar surface area (TPSA) is 124 Å². The third-order valence-electron chi connectivity index (χ3n) is 5.41. The fraction of sp³-hybridized carbons (Fsp3) is 0.160. The van der Waals surface area contributed by atoms with Crippen LogP contribution in [-0.2, 0) is 11.2 Å². The van der Waals surface area contributed by atoms with Gasteiger partial charge in [-0.1, -0.05) is 30.3 Å². The highest BCUT2D eigenvalue weighted by atomic mass is 32.1. The van der Waals surface area contributed by atoms with E-state index >= 15 is 0 Å². The first-order valence-corrected chi connectivity index (χ1v) is 11.7. The zero-order valence-corrected chi connectivity index (χ0v) is 19.8. The number of halogens is 4. The number of anilines is 1. The monoisotopic (exact) mass is 532 g/mol. The van der Waals surface area contributed by atoms with Crippen LogP contribution >= 0.6 is 11.3 Å². The van der Waals surface area contributed by atoms with Gasteiger partial charge < -0.3 is 21.3 Å². The van der Waals surface area contributed by atoms with E-state index < -0.39 is 36.0 Å². The fourth-order valence-electron chi connectivity index (χ4n) is 3.66. The molecule has 0 aliphatic heterocycles. The minimum atomic E-state index is -4.87. The summed E-state index contributed by atoms with van der Waals surface area (Å²) in [7, 11) is 0. The molecular weight excluding hydrogens is 512 g/mol. The van der Waals surface area contributed by atoms with Gasteiger partial charge in [-0.25, -0.2) is 9.37 Å². The number of ether oxygens (including phenoxy) is 1. The molecule has 0 amide bonds. The van der Waals surface area contributed by atoms with Gasteiger partial charge in [0.1, 0.15) is 11.9 Å². The van der Waals surface area contributed by atoms with Crippen molar-refractivity contribution in [2.45, 2.75) is 24.7 Å². The molecule has 192 valence electrons. The molecule has 37 heavy (non-hydrogen) atoms. The summed E-state index contributed by atoms with van der Waals surface area (Å²) >= 11 is 1.26. The van der Waals surface area contributed by atoms with Gasteiger partial charge >= 0.3 is 12.1 Å². The second-order valence-electron chi connectivity index (χ2n) is 8.08. The van der Waals surface area contributed by atoms with E-state index in [4.69, 9.17) is 21.3 Å². The molecule has 0 fully saturated rings. The molecule has 5 N–H and O–H groups in total. The molecule has 0 saturated heterocycles. The lowest BCUT2D eigenvalue weighted by Crippen LogP contribution is -2.32. The highest BCUT2D eigenvalue weighted by Gasteiger charge is 2.44. The molecule has 2 aromatic carbocycles. The fourth-order valence-corrected chi connectivity index (χ4v) is 4.31. The molecule has 4 rings (SSSR count). The molecule has 2 atom stereocenters. The van der Waals surface area contributed by atoms with Crippen LogP contribution in [0.25, 0.3) is 22.4 Å². The maximum absolute atomic E-state index is 14.2. The van der Waals surface area contributed by atoms with Gasteiger partial charge in [-0.2, -0.15) is 29.5 Å². The van der Waals surface area contributed by atoms with Gasteiger partial charge in [0.2, 0.25) is 17.9 Å². The number of carboxylic acids is 1. The zero-order chi connectivity index (χ0) is 26.7. The Morgan fingerprint density at radius 1 is 1.05 bits per heavy atom. The van der Waals surface area contributed by atoms with Crippen LogP contribution in [0.1, 0.15) is 17.2 Å². The van der Waals surface area contributed by atoms with Crippen molar-refractivity contribution in [3.63, 3.8) is 0 Å². The Kier molecular flexibility index (Phi) is 7.41. The third-order valence-corrected chi connectivity index (χ3v) is 6.09. The van der Waals surface area contributed by atoms with E-state index in [1.807, 2.05) is 0 Å². The molecule has 0 saturated carbocycles. The first-order valence-electron chi connectivity index (χ1n) is 10.8. The molecular formula is C25H20F4N4O3S. The summed E-state index contributed by atoms with van der Waals surface area (Å²) in [6, 6.07) is 11.2. The zero-order valence-electron chi connectivity index (χ0n) is 18.9. The number of rotatable bonds is 8. The van der Waals surface area contributed by atoms with Crippen molar-refractivity contribution in [2.24, 2.45) is 5.73 Å². The first-order chi connectivity index (χ1) is 17.5. The van der Waals surface area contributed by atoms with Crippen LogP contribution < -0.4 is 16.2 Å². The molecule has 2 aromatic heterocycles. The van der Waals surface area contributed by atoms with Crippen molar-refractivity contribution in [3.05, 3.63) is 82.3 Å². The molecule has 2 heterocycles. The van der Waals surface area contributed by atoms with Gasteiger partial charge in [0.05, 0.1) is 5.69 Å². The second kappa shape index (κ2) is 10.5. The number of hydrogen-bond acceptors (Lipinski definition) is 7. The number of carboxylic acid groups (broad SMARTS) is 1. The Bertz CT molecular complexity index is 1400. The predicted molar refractivity (Wildman–Crippen MR) is 130 cm³/mol. The minimum absolute atomic E-state index is 0.0426. The van der Waals surface area contributed by atoms with Crippen LogP contribution in [0, 0.1) is 5.82 Å². The summed E-state index contributed by atoms with van der Waals surface area (Å²) in [5, 5.41) is 12.2. The number of aliphatic carboxylic acids is 1. The Hall–Kier alpha value is -4.03. The Morgan fingerprint density at radius 2 is 1.78 bits per heavy atom. The highest BCUT2D eigenvalue weighted by molar-refractivity contribution is 7.08. The standard InChI is InChI=1S/C25H20F4N4O3S/c26-16-5-6-17(18(10-16)15-7-8-37-12-15)22(25(27,28)29)36-21-11-20(32-24(31)33-21)14-3-1-13(2-4-14)9-19(30)23(34)35/h1-8,10-12,19,22H,9,30H2,(H,34,35)(H2,31,32,33). The van der Waals surface area contributed by atoms with Gasteiger partial charge in [0.25, 0.3) is 0 Å². The van der Waals surface area contributed by atoms with E-state index in [0.29, 0.717) is 16.7 Å². The highest BCUT2D eigenvalue weighted by Crippen LogP contribution is 2.41. The van der Waals surface area contributed by atoms with Crippen LogP contribution in [-0.4, -0.2) is 33.3 Å². The summed E-state index contributed by atoms with van der Waals surface area (Å²) in [6.07, 6.45) is -7.25. The van der Waals surface area contributed by atoms with Crippen molar-refractivity contribution >= 4 is 23.3 Å². The molecule has 0 radical (unpaired) electrons. The molecule has 12 heteroatoms. The van der Waals surface area contributed by atoms with Gasteiger partial charge in [-0.3, -0.25) is 4.79 Å². The lowest BCUT2D eigenvalue weighted by atomic mass is 9.97. The third kappa shape index (κ3) is 6.22. The molecule has 7 nitrogen and oxygen atoms in total. The number of benzene rings is 2. The largest absolute Gasteiger partial charge is 0.480 e. The van der Waals surface area contributed by atoms with Crippen molar-refractivity contribution in [3.8, 4) is 28.3 Å². The van der Waals surface area contributed by atoms with E-state index in [2.05, 4.69) is 9.97 Å². The first kappa shape index (κ1) is 26.0. The van der Waals surface area contributed by atoms with E-state index in [-0.39, 0.29) is 29.2 Å². The van der Waals surface area contributed by atoms with Crippen molar-refractivity contribution in [1.29, 1.82) is 0 Å². The summed E-state index contributed by atoms with van der Waals surface area (Å²) < 4.78 is 61.9. The van der Waals surface area contributed by atoms with Crippen molar-refractivity contribution < 1.29 is 32.2 Å². The van der Waals surface area contributed by atoms with Crippen LogP contribution in [0.3, 0.4) is 0 Å². The molecule has 0 bridgehead atoms. The van der Waals surface area contributed by atoms with E-state index in [9.17, 15) is 22.4 Å². The molecule has 0 aliphatic carbocycles. The Morgan fingerprint density at radius 3 is 2.41 bits per heavy atom.